The third kappa shape index (κ3) is 2.68. The van der Waals surface area contributed by atoms with Gasteiger partial charge in [0, 0.05) is 20.3 Å². The van der Waals surface area contributed by atoms with Gasteiger partial charge in [-0.25, -0.2) is 9.69 Å². The molecule has 0 unspecified atom stereocenters. The number of anilines is 2. The quantitative estimate of drug-likeness (QED) is 0.646. The lowest BCUT2D eigenvalue weighted by Gasteiger charge is -2.18. The van der Waals surface area contributed by atoms with Crippen molar-refractivity contribution in [1.29, 1.82) is 0 Å². The minimum Gasteiger partial charge on any atom is -0.382 e. The summed E-state index contributed by atoms with van der Waals surface area (Å²) in [6, 6.07) is 17.7. The summed E-state index contributed by atoms with van der Waals surface area (Å²) in [4.78, 5) is 30.1. The van der Waals surface area contributed by atoms with Crippen LogP contribution >= 0.6 is 0 Å². The van der Waals surface area contributed by atoms with Gasteiger partial charge in [-0.3, -0.25) is 9.69 Å². The second-order valence-electron chi connectivity index (χ2n) is 5.41. The van der Waals surface area contributed by atoms with Gasteiger partial charge in [0.1, 0.15) is 5.70 Å². The molecule has 1 aliphatic heterocycles. The van der Waals surface area contributed by atoms with Gasteiger partial charge in [0.25, 0.3) is 5.91 Å². The van der Waals surface area contributed by atoms with Gasteiger partial charge in [0.15, 0.2) is 0 Å². The number of amides is 3. The van der Waals surface area contributed by atoms with Crippen LogP contribution in [0.5, 0.6) is 0 Å². The molecule has 0 spiro atoms. The first-order valence-electron chi connectivity index (χ1n) is 7.26. The Bertz CT molecular complexity index is 754. The molecule has 0 saturated carbocycles. The van der Waals surface area contributed by atoms with Crippen LogP contribution < -0.4 is 9.80 Å². The molecule has 0 bridgehead atoms. The van der Waals surface area contributed by atoms with Crippen molar-refractivity contribution in [2.24, 2.45) is 0 Å². The van der Waals surface area contributed by atoms with E-state index in [0.29, 0.717) is 17.1 Å². The summed E-state index contributed by atoms with van der Waals surface area (Å²) in [5.74, 6) is -0.334. The molecule has 23 heavy (non-hydrogen) atoms. The van der Waals surface area contributed by atoms with Crippen molar-refractivity contribution in [1.82, 2.24) is 4.90 Å². The minimum atomic E-state index is -0.375. The Morgan fingerprint density at radius 2 is 1.26 bits per heavy atom. The molecule has 0 atom stereocenters. The van der Waals surface area contributed by atoms with E-state index < -0.39 is 0 Å². The normalized spacial score (nSPS) is 16.3. The molecule has 0 N–H and O–H groups in total. The van der Waals surface area contributed by atoms with Crippen molar-refractivity contribution in [2.75, 3.05) is 23.9 Å². The van der Waals surface area contributed by atoms with Crippen LogP contribution in [0.2, 0.25) is 0 Å². The molecule has 116 valence electrons. The number of hydrogen-bond donors (Lipinski definition) is 0. The van der Waals surface area contributed by atoms with Crippen LogP contribution in [0.25, 0.3) is 0 Å². The van der Waals surface area contributed by atoms with E-state index in [1.165, 1.54) is 9.80 Å². The third-order valence-corrected chi connectivity index (χ3v) is 3.45. The molecule has 3 amide bonds. The van der Waals surface area contributed by atoms with E-state index in [1.807, 2.05) is 50.5 Å². The van der Waals surface area contributed by atoms with Crippen molar-refractivity contribution in [3.8, 4) is 0 Å². The molecular formula is C18H17N3O2. The Balaban J connectivity index is 2.11. The summed E-state index contributed by atoms with van der Waals surface area (Å²) < 4.78 is 0. The first kappa shape index (κ1) is 14.8. The lowest BCUT2D eigenvalue weighted by molar-refractivity contribution is -0.113. The molecule has 1 fully saturated rings. The van der Waals surface area contributed by atoms with Crippen LogP contribution in [-0.4, -0.2) is 30.9 Å². The first-order chi connectivity index (χ1) is 11.1. The maximum atomic E-state index is 12.9. The zero-order chi connectivity index (χ0) is 16.4. The SMILES string of the molecule is CN(C)C=C1C(=O)N(c2ccccc2)C(=O)N1c1ccccc1. The Kier molecular flexibility index (Phi) is 3.85. The van der Waals surface area contributed by atoms with E-state index in [-0.39, 0.29) is 11.9 Å². The van der Waals surface area contributed by atoms with E-state index in [1.54, 1.807) is 35.4 Å². The van der Waals surface area contributed by atoms with Gasteiger partial charge in [0.05, 0.1) is 11.4 Å². The van der Waals surface area contributed by atoms with Crippen LogP contribution in [0.4, 0.5) is 16.2 Å². The van der Waals surface area contributed by atoms with E-state index in [2.05, 4.69) is 0 Å². The van der Waals surface area contributed by atoms with Crippen LogP contribution in [0.3, 0.4) is 0 Å². The van der Waals surface area contributed by atoms with Crippen molar-refractivity contribution in [3.05, 3.63) is 72.6 Å². The highest BCUT2D eigenvalue weighted by Crippen LogP contribution is 2.31. The first-order valence-corrected chi connectivity index (χ1v) is 7.26. The number of urea groups is 1. The molecule has 5 nitrogen and oxygen atoms in total. The maximum absolute atomic E-state index is 12.9. The number of benzene rings is 2. The van der Waals surface area contributed by atoms with Gasteiger partial charge in [-0.1, -0.05) is 36.4 Å². The fourth-order valence-corrected chi connectivity index (χ4v) is 2.49. The summed E-state index contributed by atoms with van der Waals surface area (Å²) in [5, 5.41) is 0. The maximum Gasteiger partial charge on any atom is 0.341 e. The Morgan fingerprint density at radius 1 is 0.783 bits per heavy atom. The van der Waals surface area contributed by atoms with Gasteiger partial charge in [-0.15, -0.1) is 0 Å². The van der Waals surface area contributed by atoms with Crippen molar-refractivity contribution >= 4 is 23.3 Å². The lowest BCUT2D eigenvalue weighted by atomic mass is 10.3. The van der Waals surface area contributed by atoms with E-state index in [9.17, 15) is 9.59 Å². The Labute approximate surface area is 135 Å². The molecule has 0 aromatic heterocycles. The molecular weight excluding hydrogens is 290 g/mol. The second-order valence-corrected chi connectivity index (χ2v) is 5.41. The predicted molar refractivity (Wildman–Crippen MR) is 90.0 cm³/mol. The zero-order valence-corrected chi connectivity index (χ0v) is 13.0. The van der Waals surface area contributed by atoms with Crippen molar-refractivity contribution < 1.29 is 9.59 Å². The van der Waals surface area contributed by atoms with Crippen molar-refractivity contribution in [2.45, 2.75) is 0 Å². The second kappa shape index (κ2) is 5.96. The molecule has 2 aromatic carbocycles. The molecule has 2 aromatic rings. The summed E-state index contributed by atoms with van der Waals surface area (Å²) in [7, 11) is 3.64. The highest BCUT2D eigenvalue weighted by atomic mass is 16.2. The summed E-state index contributed by atoms with van der Waals surface area (Å²) in [5.41, 5.74) is 1.55. The number of hydrogen-bond acceptors (Lipinski definition) is 3. The van der Waals surface area contributed by atoms with Crippen molar-refractivity contribution in [3.63, 3.8) is 0 Å². The molecule has 0 aliphatic carbocycles. The highest BCUT2D eigenvalue weighted by molar-refractivity contribution is 6.34. The number of rotatable bonds is 3. The molecule has 1 aliphatic rings. The Hall–Kier alpha value is -3.08. The molecule has 3 rings (SSSR count). The third-order valence-electron chi connectivity index (χ3n) is 3.45. The minimum absolute atomic E-state index is 0.329. The Morgan fingerprint density at radius 3 is 1.74 bits per heavy atom. The number of nitrogens with zero attached hydrogens (tertiary/aromatic N) is 3. The smallest absolute Gasteiger partial charge is 0.341 e. The number of para-hydroxylation sites is 2. The van der Waals surface area contributed by atoms with Crippen LogP contribution in [-0.2, 0) is 4.79 Å². The van der Waals surface area contributed by atoms with Gasteiger partial charge in [-0.05, 0) is 24.3 Å². The average Bonchev–Trinajstić information content (AvgIpc) is 2.79. The summed E-state index contributed by atoms with van der Waals surface area (Å²) in [6.45, 7) is 0. The van der Waals surface area contributed by atoms with E-state index in [4.69, 9.17) is 0 Å². The summed E-state index contributed by atoms with van der Waals surface area (Å²) in [6.07, 6.45) is 1.66. The predicted octanol–water partition coefficient (Wildman–Crippen LogP) is 3.06. The fraction of sp³-hybridized carbons (Fsp3) is 0.111. The van der Waals surface area contributed by atoms with E-state index >= 15 is 0 Å². The van der Waals surface area contributed by atoms with Gasteiger partial charge >= 0.3 is 6.03 Å². The van der Waals surface area contributed by atoms with E-state index in [0.717, 1.165) is 0 Å². The van der Waals surface area contributed by atoms with Gasteiger partial charge < -0.3 is 4.90 Å². The number of carbonyl (C=O) groups excluding carboxylic acids is 2. The average molecular weight is 307 g/mol. The zero-order valence-electron chi connectivity index (χ0n) is 13.0. The number of imide groups is 1. The molecule has 0 radical (unpaired) electrons. The number of carbonyl (C=O) groups is 2. The largest absolute Gasteiger partial charge is 0.382 e. The topological polar surface area (TPSA) is 43.9 Å². The van der Waals surface area contributed by atoms with Crippen LogP contribution in [0.15, 0.2) is 72.6 Å². The van der Waals surface area contributed by atoms with Crippen LogP contribution in [0, 0.1) is 0 Å². The molecule has 1 heterocycles. The standard InChI is InChI=1S/C18H17N3O2/c1-19(2)13-16-17(22)21(15-11-7-4-8-12-15)18(23)20(16)14-9-5-3-6-10-14/h3-13H,1-2H3. The fourth-order valence-electron chi connectivity index (χ4n) is 2.49. The van der Waals surface area contributed by atoms with Crippen LogP contribution in [0.1, 0.15) is 0 Å². The van der Waals surface area contributed by atoms with Gasteiger partial charge in [-0.2, -0.15) is 0 Å². The molecule has 1 saturated heterocycles. The molecule has 5 heteroatoms. The van der Waals surface area contributed by atoms with Gasteiger partial charge in [0.2, 0.25) is 0 Å². The monoisotopic (exact) mass is 307 g/mol. The highest BCUT2D eigenvalue weighted by Gasteiger charge is 2.43. The summed E-state index contributed by atoms with van der Waals surface area (Å²) >= 11 is 0. The lowest BCUT2D eigenvalue weighted by Crippen LogP contribution is -2.32.